The van der Waals surface area contributed by atoms with Gasteiger partial charge in [0.1, 0.15) is 6.61 Å². The van der Waals surface area contributed by atoms with Gasteiger partial charge < -0.3 is 14.2 Å². The van der Waals surface area contributed by atoms with Gasteiger partial charge in [-0.05, 0) is 69.3 Å². The number of carbonyl (C=O) groups is 2. The lowest BCUT2D eigenvalue weighted by molar-refractivity contribution is -0.455. The Hall–Kier alpha value is -1.96. The van der Waals surface area contributed by atoms with Crippen molar-refractivity contribution in [2.75, 3.05) is 6.61 Å². The van der Waals surface area contributed by atoms with Gasteiger partial charge in [0.15, 0.2) is 0 Å². The summed E-state index contributed by atoms with van der Waals surface area (Å²) in [6.07, 6.45) is 7.14. The van der Waals surface area contributed by atoms with Gasteiger partial charge in [-0.1, -0.05) is 30.3 Å². The minimum atomic E-state index is -0.801. The molecule has 3 aliphatic carbocycles. The van der Waals surface area contributed by atoms with Gasteiger partial charge in [-0.3, -0.25) is 9.59 Å². The highest BCUT2D eigenvalue weighted by Gasteiger charge is 2.56. The van der Waals surface area contributed by atoms with Crippen molar-refractivity contribution in [2.24, 2.45) is 17.3 Å². The molecule has 5 aliphatic rings. The van der Waals surface area contributed by atoms with E-state index in [1.54, 1.807) is 0 Å². The van der Waals surface area contributed by atoms with E-state index in [9.17, 15) is 9.59 Å². The van der Waals surface area contributed by atoms with E-state index in [-0.39, 0.29) is 36.7 Å². The van der Waals surface area contributed by atoms with Crippen LogP contribution in [0.15, 0.2) is 30.3 Å². The van der Waals surface area contributed by atoms with Gasteiger partial charge in [-0.2, -0.15) is 0 Å². The maximum Gasteiger partial charge on any atom is 0.312 e. The Morgan fingerprint density at radius 3 is 2.50 bits per heavy atom. The zero-order valence-electron chi connectivity index (χ0n) is 20.0. The number of fused-ring (bicyclic) bond motifs is 1. The van der Waals surface area contributed by atoms with Crippen molar-refractivity contribution in [3.63, 3.8) is 0 Å². The van der Waals surface area contributed by atoms with Crippen molar-refractivity contribution in [1.82, 2.24) is 0 Å². The number of rotatable bonds is 6. The van der Waals surface area contributed by atoms with E-state index in [4.69, 9.17) is 24.0 Å². The van der Waals surface area contributed by atoms with Crippen LogP contribution in [-0.2, 0) is 40.2 Å². The number of carbonyl (C=O) groups excluding carboxylic acids is 2. The summed E-state index contributed by atoms with van der Waals surface area (Å²) in [5.74, 6) is -0.443. The predicted octanol–water partition coefficient (Wildman–Crippen LogP) is 4.87. The van der Waals surface area contributed by atoms with Crippen LogP contribution in [0.5, 0.6) is 0 Å². The molecule has 4 unspecified atom stereocenters. The number of hydrogen-bond acceptors (Lipinski definition) is 7. The summed E-state index contributed by atoms with van der Waals surface area (Å²) in [5, 5.41) is 0. The summed E-state index contributed by atoms with van der Waals surface area (Å²) >= 11 is 0. The molecule has 7 heteroatoms. The average Bonchev–Trinajstić information content (AvgIpc) is 2.90. The van der Waals surface area contributed by atoms with E-state index in [0.717, 1.165) is 37.7 Å². The van der Waals surface area contributed by atoms with E-state index in [2.05, 4.69) is 0 Å². The van der Waals surface area contributed by atoms with E-state index in [1.165, 1.54) is 0 Å². The van der Waals surface area contributed by atoms with Crippen LogP contribution in [0.25, 0.3) is 0 Å². The second kappa shape index (κ2) is 9.96. The van der Waals surface area contributed by atoms with E-state index >= 15 is 0 Å². The molecule has 2 saturated heterocycles. The predicted molar refractivity (Wildman–Crippen MR) is 122 cm³/mol. The molecule has 3 saturated carbocycles. The Labute approximate surface area is 201 Å². The molecule has 2 heterocycles. The molecule has 6 rings (SSSR count). The summed E-state index contributed by atoms with van der Waals surface area (Å²) in [6.45, 7) is 2.53. The van der Waals surface area contributed by atoms with Gasteiger partial charge in [0, 0.05) is 19.3 Å². The van der Waals surface area contributed by atoms with Gasteiger partial charge in [0.25, 0.3) is 0 Å². The molecule has 4 bridgehead atoms. The van der Waals surface area contributed by atoms with Crippen LogP contribution in [0.4, 0.5) is 0 Å². The molecule has 34 heavy (non-hydrogen) atoms. The summed E-state index contributed by atoms with van der Waals surface area (Å²) in [6, 6.07) is 9.80. The van der Waals surface area contributed by atoms with Gasteiger partial charge in [0.2, 0.25) is 5.79 Å². The molecule has 1 aromatic rings. The Morgan fingerprint density at radius 2 is 1.74 bits per heavy atom. The third-order valence-corrected chi connectivity index (χ3v) is 8.10. The Balaban J connectivity index is 1.25. The molecule has 0 radical (unpaired) electrons. The highest BCUT2D eigenvalue weighted by atomic mass is 17.2. The zero-order valence-corrected chi connectivity index (χ0v) is 20.0. The first-order chi connectivity index (χ1) is 16.5. The molecule has 0 aromatic heterocycles. The van der Waals surface area contributed by atoms with Crippen molar-refractivity contribution < 1.29 is 33.6 Å². The van der Waals surface area contributed by atoms with Crippen LogP contribution in [0.2, 0.25) is 0 Å². The lowest BCUT2D eigenvalue weighted by Crippen LogP contribution is -2.50. The molecule has 2 aliphatic heterocycles. The molecular weight excluding hydrogens is 436 g/mol. The lowest BCUT2D eigenvalue weighted by Gasteiger charge is -2.47. The van der Waals surface area contributed by atoms with Crippen molar-refractivity contribution in [3.8, 4) is 0 Å². The molecule has 0 N–H and O–H groups in total. The second-order valence-corrected chi connectivity index (χ2v) is 10.7. The van der Waals surface area contributed by atoms with E-state index in [0.29, 0.717) is 44.6 Å². The van der Waals surface area contributed by atoms with Gasteiger partial charge in [0.05, 0.1) is 24.2 Å². The fourth-order valence-corrected chi connectivity index (χ4v) is 6.59. The second-order valence-electron chi connectivity index (χ2n) is 10.7. The first-order valence-corrected chi connectivity index (χ1v) is 12.9. The Morgan fingerprint density at radius 1 is 1.00 bits per heavy atom. The minimum absolute atomic E-state index is 0.0627. The lowest BCUT2D eigenvalue weighted by atomic mass is 9.60. The highest BCUT2D eigenvalue weighted by molar-refractivity contribution is 5.77. The van der Waals surface area contributed by atoms with Gasteiger partial charge in [-0.25, -0.2) is 9.78 Å². The van der Waals surface area contributed by atoms with Crippen molar-refractivity contribution in [3.05, 3.63) is 35.9 Å². The Kier molecular flexibility index (Phi) is 6.96. The average molecular weight is 473 g/mol. The standard InChI is InChI=1S/C27H36O7/c1-2-30-24(28)14-19-8-10-27(11-9-19)32-22-12-21-13-23(33-34-27)17-26(15-21,16-22)25(29)31-18-20-6-4-3-5-7-20/h3-7,19,21-23H,2,8-18H2,1H3. The molecule has 4 atom stereocenters. The monoisotopic (exact) mass is 472 g/mol. The third kappa shape index (κ3) is 5.16. The maximum atomic E-state index is 13.4. The molecule has 1 spiro atoms. The van der Waals surface area contributed by atoms with Crippen molar-refractivity contribution in [1.29, 1.82) is 0 Å². The number of esters is 2. The smallest absolute Gasteiger partial charge is 0.312 e. The van der Waals surface area contributed by atoms with E-state index in [1.807, 2.05) is 37.3 Å². The molecule has 186 valence electrons. The topological polar surface area (TPSA) is 80.3 Å². The third-order valence-electron chi connectivity index (χ3n) is 8.10. The molecule has 5 fully saturated rings. The first kappa shape index (κ1) is 23.8. The summed E-state index contributed by atoms with van der Waals surface area (Å²) in [7, 11) is 0. The quantitative estimate of drug-likeness (QED) is 0.432. The van der Waals surface area contributed by atoms with Crippen LogP contribution in [0.3, 0.4) is 0 Å². The highest BCUT2D eigenvalue weighted by Crippen LogP contribution is 2.54. The Bertz CT molecular complexity index is 863. The van der Waals surface area contributed by atoms with Crippen LogP contribution in [0, 0.1) is 17.3 Å². The van der Waals surface area contributed by atoms with Crippen molar-refractivity contribution in [2.45, 2.75) is 95.7 Å². The SMILES string of the molecule is CCOC(=O)CC1CCC2(CC1)OOC1CC3CC(CC(C(=O)OCc4ccccc4)(C3)C1)O2. The normalized spacial score (nSPS) is 37.0. The van der Waals surface area contributed by atoms with Gasteiger partial charge in [-0.15, -0.1) is 0 Å². The van der Waals surface area contributed by atoms with Crippen molar-refractivity contribution >= 4 is 11.9 Å². The first-order valence-electron chi connectivity index (χ1n) is 12.9. The zero-order chi connectivity index (χ0) is 23.6. The minimum Gasteiger partial charge on any atom is -0.466 e. The largest absolute Gasteiger partial charge is 0.466 e. The molecule has 1 aromatic carbocycles. The fourth-order valence-electron chi connectivity index (χ4n) is 6.59. The summed E-state index contributed by atoms with van der Waals surface area (Å²) in [4.78, 5) is 37.3. The summed E-state index contributed by atoms with van der Waals surface area (Å²) < 4.78 is 17.6. The number of hydrogen-bond donors (Lipinski definition) is 0. The maximum absolute atomic E-state index is 13.4. The molecular formula is C27H36O7. The number of benzene rings is 1. The molecule has 0 amide bonds. The van der Waals surface area contributed by atoms with E-state index < -0.39 is 11.2 Å². The van der Waals surface area contributed by atoms with Crippen LogP contribution < -0.4 is 0 Å². The molecule has 7 nitrogen and oxygen atoms in total. The summed E-state index contributed by atoms with van der Waals surface area (Å²) in [5.41, 5.74) is 0.406. The number of ether oxygens (including phenoxy) is 3. The van der Waals surface area contributed by atoms with Crippen LogP contribution >= 0.6 is 0 Å². The fraction of sp³-hybridized carbons (Fsp3) is 0.704. The van der Waals surface area contributed by atoms with Crippen LogP contribution in [-0.4, -0.2) is 36.5 Å². The van der Waals surface area contributed by atoms with Crippen LogP contribution in [0.1, 0.15) is 76.7 Å². The van der Waals surface area contributed by atoms with Gasteiger partial charge >= 0.3 is 11.9 Å².